The molecule has 1 amide bonds. The molecule has 0 radical (unpaired) electrons. The van der Waals surface area contributed by atoms with Crippen molar-refractivity contribution in [3.63, 3.8) is 0 Å². The van der Waals surface area contributed by atoms with Crippen molar-refractivity contribution >= 4 is 29.3 Å². The van der Waals surface area contributed by atoms with E-state index in [1.54, 1.807) is 25.1 Å². The van der Waals surface area contributed by atoms with Crippen LogP contribution in [0.5, 0.6) is 0 Å². The molecule has 27 heavy (non-hydrogen) atoms. The van der Waals surface area contributed by atoms with Crippen molar-refractivity contribution in [3.05, 3.63) is 64.6 Å². The zero-order valence-electron chi connectivity index (χ0n) is 14.4. The van der Waals surface area contributed by atoms with E-state index in [9.17, 15) is 9.59 Å². The number of ketones is 1. The molecule has 2 rings (SSSR count). The van der Waals surface area contributed by atoms with E-state index in [4.69, 9.17) is 26.0 Å². The maximum atomic E-state index is 11.8. The summed E-state index contributed by atoms with van der Waals surface area (Å²) in [5.41, 5.74) is 6.60. The van der Waals surface area contributed by atoms with Gasteiger partial charge in [-0.2, -0.15) is 0 Å². The van der Waals surface area contributed by atoms with Gasteiger partial charge in [-0.15, -0.1) is 0 Å². The first-order valence-corrected chi connectivity index (χ1v) is 11.0. The molecule has 0 atom stereocenters. The number of hydrogen-bond donors (Lipinski definition) is 3. The molecule has 1 aromatic rings. The van der Waals surface area contributed by atoms with Crippen LogP contribution < -0.4 is 10.9 Å². The minimum absolute atomic E-state index is 0.169. The molecule has 0 aromatic carbocycles. The summed E-state index contributed by atoms with van der Waals surface area (Å²) in [6, 6.07) is 3.18. The average Bonchev–Trinajstić information content (AvgIpc) is 2.62. The SMILES string of the molecule is C/C(NNC(=O)c1ccncc1)=C1/C=C(Cl)C=CC1=O.CC(=O)O.[O]=[U]=[O]. The van der Waals surface area contributed by atoms with Crippen LogP contribution in [-0.4, -0.2) is 27.8 Å². The molecule has 9 nitrogen and oxygen atoms in total. The Morgan fingerprint density at radius 2 is 1.63 bits per heavy atom. The molecule has 0 fully saturated rings. The summed E-state index contributed by atoms with van der Waals surface area (Å²) in [5.74, 6) is -1.32. The Morgan fingerprint density at radius 1 is 1.11 bits per heavy atom. The van der Waals surface area contributed by atoms with Crippen molar-refractivity contribution in [2.24, 2.45) is 0 Å². The Morgan fingerprint density at radius 3 is 2.15 bits per heavy atom. The number of nitrogens with zero attached hydrogens (tertiary/aromatic N) is 1. The van der Waals surface area contributed by atoms with Crippen LogP contribution in [0.15, 0.2) is 59.1 Å². The van der Waals surface area contributed by atoms with E-state index in [1.807, 2.05) is 0 Å². The molecule has 1 heterocycles. The molecule has 0 aliphatic heterocycles. The van der Waals surface area contributed by atoms with Crippen molar-refractivity contribution in [2.45, 2.75) is 13.8 Å². The van der Waals surface area contributed by atoms with Crippen LogP contribution >= 0.6 is 11.6 Å². The van der Waals surface area contributed by atoms with Gasteiger partial charge in [-0.05, 0) is 37.3 Å². The van der Waals surface area contributed by atoms with Gasteiger partial charge in [0.1, 0.15) is 0 Å². The van der Waals surface area contributed by atoms with Crippen LogP contribution in [0.1, 0.15) is 24.2 Å². The molecular weight excluding hydrogens is 604 g/mol. The van der Waals surface area contributed by atoms with Gasteiger partial charge in [-0.3, -0.25) is 24.8 Å². The zero-order chi connectivity index (χ0) is 20.8. The number of carboxylic acid groups (broad SMARTS) is 1. The van der Waals surface area contributed by atoms with Crippen LogP contribution in [-0.2, 0) is 14.1 Å². The summed E-state index contributed by atoms with van der Waals surface area (Å²) in [4.78, 5) is 36.3. The monoisotopic (exact) mass is 619 g/mol. The molecule has 11 heteroatoms. The maximum absolute atomic E-state index is 11.8. The van der Waals surface area contributed by atoms with Crippen molar-refractivity contribution in [1.82, 2.24) is 15.8 Å². The Hall–Kier alpha value is -2.28. The molecule has 0 saturated carbocycles. The Bertz CT molecular complexity index is 811. The van der Waals surface area contributed by atoms with E-state index in [0.717, 1.165) is 6.92 Å². The number of halogens is 1. The van der Waals surface area contributed by atoms with Crippen LogP contribution in [0, 0.1) is 27.8 Å². The normalized spacial score (nSPS) is 13.4. The summed E-state index contributed by atoms with van der Waals surface area (Å²) in [6.07, 6.45) is 7.50. The van der Waals surface area contributed by atoms with Crippen LogP contribution in [0.4, 0.5) is 0 Å². The number of carbonyl (C=O) groups is 3. The molecule has 3 N–H and O–H groups in total. The van der Waals surface area contributed by atoms with Crippen molar-refractivity contribution in [3.8, 4) is 0 Å². The van der Waals surface area contributed by atoms with Gasteiger partial charge in [0.15, 0.2) is 5.78 Å². The number of carbonyl (C=O) groups excluding carboxylic acids is 2. The summed E-state index contributed by atoms with van der Waals surface area (Å²) < 4.78 is 17.2. The number of carboxylic acids is 1. The van der Waals surface area contributed by atoms with Gasteiger partial charge in [0.2, 0.25) is 0 Å². The quantitative estimate of drug-likeness (QED) is 0.343. The van der Waals surface area contributed by atoms with Gasteiger partial charge >= 0.3 is 32.3 Å². The number of nitrogens with one attached hydrogen (secondary N) is 2. The second kappa shape index (κ2) is 13.9. The van der Waals surface area contributed by atoms with E-state index in [0.29, 0.717) is 21.9 Å². The average molecular weight is 620 g/mol. The van der Waals surface area contributed by atoms with Gasteiger partial charge in [-0.1, -0.05) is 11.6 Å². The number of amides is 1. The number of allylic oxidation sites excluding steroid dienone is 6. The Kier molecular flexibility index (Phi) is 12.7. The number of hydrogen-bond acceptors (Lipinski definition) is 7. The van der Waals surface area contributed by atoms with Gasteiger partial charge in [-0.25, -0.2) is 0 Å². The summed E-state index contributed by atoms with van der Waals surface area (Å²) in [7, 11) is 0. The van der Waals surface area contributed by atoms with Gasteiger partial charge < -0.3 is 10.5 Å². The Balaban J connectivity index is 0.000000836. The van der Waals surface area contributed by atoms with E-state index in [1.165, 1.54) is 24.5 Å². The topological polar surface area (TPSA) is 143 Å². The number of hydrazine groups is 1. The zero-order valence-corrected chi connectivity index (χ0v) is 19.3. The fraction of sp³-hybridized carbons (Fsp3) is 0.125. The molecule has 1 aliphatic carbocycles. The molecule has 142 valence electrons. The predicted octanol–water partition coefficient (Wildman–Crippen LogP) is 1.70. The van der Waals surface area contributed by atoms with Gasteiger partial charge in [0.25, 0.3) is 11.9 Å². The fourth-order valence-corrected chi connectivity index (χ4v) is 1.76. The first kappa shape index (κ1) is 24.7. The second-order valence-electron chi connectivity index (χ2n) is 4.68. The first-order chi connectivity index (χ1) is 12.7. The van der Waals surface area contributed by atoms with E-state index < -0.39 is 33.8 Å². The summed E-state index contributed by atoms with van der Waals surface area (Å²) in [5, 5.41) is 7.88. The first-order valence-electron chi connectivity index (χ1n) is 7.18. The van der Waals surface area contributed by atoms with Gasteiger partial charge in [0.05, 0.1) is 0 Å². The van der Waals surface area contributed by atoms with Crippen molar-refractivity contribution in [1.29, 1.82) is 0 Å². The third-order valence-electron chi connectivity index (χ3n) is 2.65. The molecule has 0 spiro atoms. The number of aromatic nitrogens is 1. The number of pyridine rings is 1. The van der Waals surface area contributed by atoms with Crippen LogP contribution in [0.3, 0.4) is 0 Å². The molecule has 0 saturated heterocycles. The number of rotatable bonds is 3. The summed E-state index contributed by atoms with van der Waals surface area (Å²) in [6.45, 7) is 2.76. The third kappa shape index (κ3) is 11.1. The predicted molar refractivity (Wildman–Crippen MR) is 90.3 cm³/mol. The van der Waals surface area contributed by atoms with Crippen LogP contribution in [0.25, 0.3) is 0 Å². The van der Waals surface area contributed by atoms with Crippen molar-refractivity contribution in [2.75, 3.05) is 0 Å². The van der Waals surface area contributed by atoms with E-state index in [-0.39, 0.29) is 11.7 Å². The molecule has 1 aromatic heterocycles. The molecular formula is C16H16ClN3O6U. The molecule has 0 unspecified atom stereocenters. The number of aliphatic carboxylic acids is 1. The second-order valence-corrected chi connectivity index (χ2v) is 5.81. The van der Waals surface area contributed by atoms with E-state index >= 15 is 0 Å². The van der Waals surface area contributed by atoms with Crippen molar-refractivity contribution < 1.29 is 51.8 Å². The fourth-order valence-electron chi connectivity index (χ4n) is 1.59. The summed E-state index contributed by atoms with van der Waals surface area (Å²) >= 11 is 3.34. The molecule has 0 bridgehead atoms. The standard InChI is InChI=1S/C14H12ClN3O2.C2H4O2.2O.U/c1-9(12-8-11(15)2-3-13(12)19)17-18-14(20)10-4-6-16-7-5-10;1-2(3)4;;;/h2-8,17H,1H3,(H,18,20);1H3,(H,3,4);;;/b12-9+;;;;. The van der Waals surface area contributed by atoms with E-state index in [2.05, 4.69) is 15.8 Å². The third-order valence-corrected chi connectivity index (χ3v) is 2.89. The Labute approximate surface area is 174 Å². The molecule has 1 aliphatic rings. The van der Waals surface area contributed by atoms with Crippen LogP contribution in [0.2, 0.25) is 0 Å². The minimum atomic E-state index is -2.51. The van der Waals surface area contributed by atoms with Gasteiger partial charge in [0, 0.05) is 41.2 Å².